The van der Waals surface area contributed by atoms with Gasteiger partial charge in [0, 0.05) is 24.7 Å². The van der Waals surface area contributed by atoms with Crippen LogP contribution in [0.15, 0.2) is 40.8 Å². The number of furan rings is 1. The Morgan fingerprint density at radius 3 is 2.48 bits per heavy atom. The Bertz CT molecular complexity index is 1010. The van der Waals surface area contributed by atoms with Crippen LogP contribution in [-0.4, -0.2) is 16.5 Å². The molecule has 0 unspecified atom stereocenters. The van der Waals surface area contributed by atoms with Crippen LogP contribution in [0.4, 0.5) is 13.2 Å². The number of fused-ring (bicyclic) bond motifs is 1. The van der Waals surface area contributed by atoms with Crippen LogP contribution < -0.4 is 5.32 Å². The fourth-order valence-corrected chi connectivity index (χ4v) is 4.01. The van der Waals surface area contributed by atoms with Crippen molar-refractivity contribution in [2.45, 2.75) is 57.8 Å². The normalized spacial score (nSPS) is 15.7. The van der Waals surface area contributed by atoms with Gasteiger partial charge in [-0.3, -0.25) is 4.79 Å². The van der Waals surface area contributed by atoms with Crippen molar-refractivity contribution >= 4 is 17.0 Å². The molecule has 0 radical (unpaired) electrons. The summed E-state index contributed by atoms with van der Waals surface area (Å²) in [6, 6.07) is 8.76. The fraction of sp³-hybridized carbons (Fsp3) is 0.409. The standard InChI is InChI=1S/C22H23F3N2O2/c1-14-11-18-20(29-14)12-19(21(28)26-17-5-3-2-4-6-17)27(18)13-15-7-9-16(10-8-15)22(23,24)25/h7-12,17H,2-6,13H2,1H3,(H,26,28). The van der Waals surface area contributed by atoms with E-state index in [1.54, 1.807) is 6.07 Å². The van der Waals surface area contributed by atoms with Crippen molar-refractivity contribution in [2.24, 2.45) is 0 Å². The number of amides is 1. The Morgan fingerprint density at radius 2 is 1.83 bits per heavy atom. The quantitative estimate of drug-likeness (QED) is 0.609. The number of nitrogens with one attached hydrogen (secondary N) is 1. The van der Waals surface area contributed by atoms with Crippen LogP contribution in [0.3, 0.4) is 0 Å². The van der Waals surface area contributed by atoms with Gasteiger partial charge in [0.2, 0.25) is 0 Å². The molecule has 1 aliphatic carbocycles. The van der Waals surface area contributed by atoms with Crippen LogP contribution in [0, 0.1) is 6.92 Å². The topological polar surface area (TPSA) is 47.2 Å². The average molecular weight is 404 g/mol. The van der Waals surface area contributed by atoms with E-state index < -0.39 is 11.7 Å². The maximum absolute atomic E-state index is 12.9. The molecule has 7 heteroatoms. The lowest BCUT2D eigenvalue weighted by molar-refractivity contribution is -0.137. The minimum Gasteiger partial charge on any atom is -0.460 e. The number of carbonyl (C=O) groups is 1. The molecule has 1 amide bonds. The first-order valence-corrected chi connectivity index (χ1v) is 9.88. The molecule has 2 aromatic heterocycles. The number of aryl methyl sites for hydroxylation is 1. The second-order valence-corrected chi connectivity index (χ2v) is 7.73. The first kappa shape index (κ1) is 19.6. The lowest BCUT2D eigenvalue weighted by Crippen LogP contribution is -2.37. The summed E-state index contributed by atoms with van der Waals surface area (Å²) in [7, 11) is 0. The monoisotopic (exact) mass is 404 g/mol. The number of alkyl halides is 3. The maximum atomic E-state index is 12.9. The van der Waals surface area contributed by atoms with Crippen LogP contribution >= 0.6 is 0 Å². The summed E-state index contributed by atoms with van der Waals surface area (Å²) in [5, 5.41) is 3.11. The van der Waals surface area contributed by atoms with Crippen molar-refractivity contribution in [3.63, 3.8) is 0 Å². The Morgan fingerprint density at radius 1 is 1.14 bits per heavy atom. The van der Waals surface area contributed by atoms with E-state index in [1.807, 2.05) is 17.6 Å². The Kier molecular flexibility index (Phi) is 5.15. The molecule has 0 saturated heterocycles. The van der Waals surface area contributed by atoms with E-state index in [0.717, 1.165) is 49.1 Å². The van der Waals surface area contributed by atoms with Gasteiger partial charge in [-0.05, 0) is 37.5 Å². The SMILES string of the molecule is Cc1cc2c(cc(C(=O)NC3CCCCC3)n2Cc2ccc(C(F)(F)F)cc2)o1. The summed E-state index contributed by atoms with van der Waals surface area (Å²) >= 11 is 0. The molecule has 2 heterocycles. The molecule has 1 aliphatic rings. The third-order valence-electron chi connectivity index (χ3n) is 5.51. The molecule has 1 N–H and O–H groups in total. The van der Waals surface area contributed by atoms with Crippen LogP contribution in [0.5, 0.6) is 0 Å². The smallest absolute Gasteiger partial charge is 0.416 e. The molecule has 4 nitrogen and oxygen atoms in total. The Hall–Kier alpha value is -2.70. The molecule has 1 aromatic carbocycles. The second-order valence-electron chi connectivity index (χ2n) is 7.73. The molecule has 3 aromatic rings. The van der Waals surface area contributed by atoms with E-state index >= 15 is 0 Å². The zero-order chi connectivity index (χ0) is 20.6. The molecule has 0 bridgehead atoms. The number of halogens is 3. The zero-order valence-corrected chi connectivity index (χ0v) is 16.2. The summed E-state index contributed by atoms with van der Waals surface area (Å²) in [6.45, 7) is 2.11. The molecule has 0 aliphatic heterocycles. The van der Waals surface area contributed by atoms with Crippen molar-refractivity contribution in [3.8, 4) is 0 Å². The van der Waals surface area contributed by atoms with Gasteiger partial charge in [-0.25, -0.2) is 0 Å². The van der Waals surface area contributed by atoms with Crippen LogP contribution in [0.1, 0.15) is 59.5 Å². The molecule has 1 fully saturated rings. The van der Waals surface area contributed by atoms with E-state index in [1.165, 1.54) is 18.6 Å². The highest BCUT2D eigenvalue weighted by molar-refractivity contribution is 5.97. The Labute approximate surface area is 166 Å². The lowest BCUT2D eigenvalue weighted by atomic mass is 9.95. The molecule has 0 spiro atoms. The van der Waals surface area contributed by atoms with Crippen LogP contribution in [0.25, 0.3) is 11.1 Å². The van der Waals surface area contributed by atoms with Crippen LogP contribution in [0.2, 0.25) is 0 Å². The third kappa shape index (κ3) is 4.18. The molecule has 0 atom stereocenters. The van der Waals surface area contributed by atoms with E-state index in [9.17, 15) is 18.0 Å². The van der Waals surface area contributed by atoms with Gasteiger partial charge in [-0.1, -0.05) is 31.4 Å². The van der Waals surface area contributed by atoms with Gasteiger partial charge < -0.3 is 14.3 Å². The number of aromatic nitrogens is 1. The van der Waals surface area contributed by atoms with Gasteiger partial charge >= 0.3 is 6.18 Å². The summed E-state index contributed by atoms with van der Waals surface area (Å²) in [5.41, 5.74) is 1.82. The number of rotatable bonds is 4. The molecular weight excluding hydrogens is 381 g/mol. The van der Waals surface area contributed by atoms with Crippen molar-refractivity contribution in [1.29, 1.82) is 0 Å². The average Bonchev–Trinajstić information content (AvgIpc) is 3.19. The first-order valence-electron chi connectivity index (χ1n) is 9.88. The number of carbonyl (C=O) groups excluding carboxylic acids is 1. The third-order valence-corrected chi connectivity index (χ3v) is 5.51. The number of benzene rings is 1. The van der Waals surface area contributed by atoms with Gasteiger partial charge in [0.25, 0.3) is 5.91 Å². The summed E-state index contributed by atoms with van der Waals surface area (Å²) in [4.78, 5) is 12.9. The van der Waals surface area contributed by atoms with Crippen molar-refractivity contribution in [1.82, 2.24) is 9.88 Å². The molecular formula is C22H23F3N2O2. The highest BCUT2D eigenvalue weighted by Crippen LogP contribution is 2.30. The number of hydrogen-bond donors (Lipinski definition) is 1. The number of hydrogen-bond acceptors (Lipinski definition) is 2. The lowest BCUT2D eigenvalue weighted by Gasteiger charge is -2.23. The fourth-order valence-electron chi connectivity index (χ4n) is 4.01. The van der Waals surface area contributed by atoms with Gasteiger partial charge in [0.15, 0.2) is 5.58 Å². The van der Waals surface area contributed by atoms with Crippen molar-refractivity contribution in [2.75, 3.05) is 0 Å². The molecule has 29 heavy (non-hydrogen) atoms. The summed E-state index contributed by atoms with van der Waals surface area (Å²) < 4.78 is 46.0. The second kappa shape index (κ2) is 7.61. The van der Waals surface area contributed by atoms with Gasteiger partial charge in [0.05, 0.1) is 11.1 Å². The van der Waals surface area contributed by atoms with E-state index in [4.69, 9.17) is 4.42 Å². The van der Waals surface area contributed by atoms with E-state index in [0.29, 0.717) is 16.8 Å². The first-order chi connectivity index (χ1) is 13.8. The Balaban J connectivity index is 1.63. The minimum absolute atomic E-state index is 0.165. The summed E-state index contributed by atoms with van der Waals surface area (Å²) in [5.74, 6) is 0.545. The zero-order valence-electron chi connectivity index (χ0n) is 16.2. The van der Waals surface area contributed by atoms with Gasteiger partial charge in [-0.2, -0.15) is 13.2 Å². The van der Waals surface area contributed by atoms with Crippen LogP contribution in [-0.2, 0) is 12.7 Å². The highest BCUT2D eigenvalue weighted by Gasteiger charge is 2.30. The molecule has 1 saturated carbocycles. The van der Waals surface area contributed by atoms with E-state index in [2.05, 4.69) is 5.32 Å². The van der Waals surface area contributed by atoms with Crippen molar-refractivity contribution < 1.29 is 22.4 Å². The minimum atomic E-state index is -4.37. The largest absolute Gasteiger partial charge is 0.460 e. The maximum Gasteiger partial charge on any atom is 0.416 e. The molecule has 154 valence electrons. The molecule has 4 rings (SSSR count). The predicted octanol–water partition coefficient (Wildman–Crippen LogP) is 5.67. The van der Waals surface area contributed by atoms with Crippen molar-refractivity contribution in [3.05, 3.63) is 59.0 Å². The highest BCUT2D eigenvalue weighted by atomic mass is 19.4. The predicted molar refractivity (Wildman–Crippen MR) is 104 cm³/mol. The van der Waals surface area contributed by atoms with E-state index in [-0.39, 0.29) is 18.5 Å². The van der Waals surface area contributed by atoms with Gasteiger partial charge in [-0.15, -0.1) is 0 Å². The number of nitrogens with zero attached hydrogens (tertiary/aromatic N) is 1. The summed E-state index contributed by atoms with van der Waals surface area (Å²) in [6.07, 6.45) is 0.994. The van der Waals surface area contributed by atoms with Gasteiger partial charge in [0.1, 0.15) is 11.5 Å².